The average Bonchev–Trinajstić information content (AvgIpc) is 2.26. The summed E-state index contributed by atoms with van der Waals surface area (Å²) in [6.45, 7) is 5.13. The van der Waals surface area contributed by atoms with E-state index in [-0.39, 0.29) is 11.8 Å². The molecule has 1 aromatic carbocycles. The number of ether oxygens (including phenoxy) is 1. The Morgan fingerprint density at radius 3 is 2.39 bits per heavy atom. The summed E-state index contributed by atoms with van der Waals surface area (Å²) in [6, 6.07) is 7.74. The van der Waals surface area contributed by atoms with Crippen molar-refractivity contribution in [2.45, 2.75) is 26.4 Å². The van der Waals surface area contributed by atoms with Crippen molar-refractivity contribution in [3.63, 3.8) is 0 Å². The van der Waals surface area contributed by atoms with Gasteiger partial charge in [-0.2, -0.15) is 0 Å². The first kappa shape index (κ1) is 15.0. The standard InChI is InChI=1S/C13H21NO3S/c1-4-17-13-7-5-12(6-8-13)9-14-11(2)10-18(3,15)16/h5-8,11,14H,4,9-10H2,1-3H3. The van der Waals surface area contributed by atoms with Crippen molar-refractivity contribution < 1.29 is 13.2 Å². The van der Waals surface area contributed by atoms with Gasteiger partial charge >= 0.3 is 0 Å². The third kappa shape index (κ3) is 6.02. The number of benzene rings is 1. The lowest BCUT2D eigenvalue weighted by Gasteiger charge is -2.13. The Morgan fingerprint density at radius 2 is 1.89 bits per heavy atom. The molecule has 1 N–H and O–H groups in total. The molecule has 0 aliphatic carbocycles. The lowest BCUT2D eigenvalue weighted by Crippen LogP contribution is -2.32. The quantitative estimate of drug-likeness (QED) is 0.818. The van der Waals surface area contributed by atoms with Gasteiger partial charge in [0.15, 0.2) is 0 Å². The van der Waals surface area contributed by atoms with Gasteiger partial charge in [-0.15, -0.1) is 0 Å². The highest BCUT2D eigenvalue weighted by atomic mass is 32.2. The van der Waals surface area contributed by atoms with Crippen molar-refractivity contribution in [1.82, 2.24) is 5.32 Å². The Hall–Kier alpha value is -1.07. The van der Waals surface area contributed by atoms with Crippen LogP contribution in [0.25, 0.3) is 0 Å². The molecule has 0 fully saturated rings. The molecule has 4 nitrogen and oxygen atoms in total. The molecule has 0 amide bonds. The second-order valence-electron chi connectivity index (χ2n) is 4.45. The maximum absolute atomic E-state index is 11.1. The maximum Gasteiger partial charge on any atom is 0.148 e. The lowest BCUT2D eigenvalue weighted by molar-refractivity contribution is 0.340. The van der Waals surface area contributed by atoms with Crippen LogP contribution in [0.2, 0.25) is 0 Å². The van der Waals surface area contributed by atoms with E-state index in [1.54, 1.807) is 0 Å². The summed E-state index contributed by atoms with van der Waals surface area (Å²) in [7, 11) is -2.92. The third-order valence-electron chi connectivity index (χ3n) is 2.44. The Kier molecular flexibility index (Phi) is 5.62. The fraction of sp³-hybridized carbons (Fsp3) is 0.538. The van der Waals surface area contributed by atoms with E-state index >= 15 is 0 Å². The maximum atomic E-state index is 11.1. The van der Waals surface area contributed by atoms with E-state index < -0.39 is 9.84 Å². The Bertz CT molecular complexity index is 454. The molecule has 0 bridgehead atoms. The van der Waals surface area contributed by atoms with Crippen LogP contribution in [-0.2, 0) is 16.4 Å². The fourth-order valence-corrected chi connectivity index (χ4v) is 2.70. The van der Waals surface area contributed by atoms with Crippen LogP contribution in [0.3, 0.4) is 0 Å². The van der Waals surface area contributed by atoms with E-state index in [0.717, 1.165) is 11.3 Å². The second-order valence-corrected chi connectivity index (χ2v) is 6.64. The van der Waals surface area contributed by atoms with Gasteiger partial charge in [0.05, 0.1) is 12.4 Å². The minimum absolute atomic E-state index is 0.0495. The highest BCUT2D eigenvalue weighted by molar-refractivity contribution is 7.90. The summed E-state index contributed by atoms with van der Waals surface area (Å²) in [5.74, 6) is 1.01. The molecule has 1 atom stereocenters. The van der Waals surface area contributed by atoms with Gasteiger partial charge in [-0.05, 0) is 31.5 Å². The number of rotatable bonds is 7. The molecule has 102 valence electrons. The molecule has 1 aromatic rings. The average molecular weight is 271 g/mol. The van der Waals surface area contributed by atoms with Crippen molar-refractivity contribution >= 4 is 9.84 Å². The molecule has 0 aliphatic rings. The predicted octanol–water partition coefficient (Wildman–Crippen LogP) is 1.61. The Balaban J connectivity index is 2.43. The number of hydrogen-bond donors (Lipinski definition) is 1. The topological polar surface area (TPSA) is 55.4 Å². The first-order valence-electron chi connectivity index (χ1n) is 6.03. The monoisotopic (exact) mass is 271 g/mol. The van der Waals surface area contributed by atoms with Gasteiger partial charge in [-0.25, -0.2) is 8.42 Å². The zero-order valence-corrected chi connectivity index (χ0v) is 12.0. The van der Waals surface area contributed by atoms with Crippen molar-refractivity contribution in [2.24, 2.45) is 0 Å². The van der Waals surface area contributed by atoms with Gasteiger partial charge < -0.3 is 10.1 Å². The van der Waals surface area contributed by atoms with Crippen molar-refractivity contribution in [1.29, 1.82) is 0 Å². The van der Waals surface area contributed by atoms with Crippen LogP contribution < -0.4 is 10.1 Å². The van der Waals surface area contributed by atoms with Crippen LogP contribution in [0.15, 0.2) is 24.3 Å². The van der Waals surface area contributed by atoms with E-state index in [4.69, 9.17) is 4.74 Å². The normalized spacial score (nSPS) is 13.3. The number of sulfone groups is 1. The molecular formula is C13H21NO3S. The minimum Gasteiger partial charge on any atom is -0.494 e. The van der Waals surface area contributed by atoms with Crippen molar-refractivity contribution in [3.05, 3.63) is 29.8 Å². The van der Waals surface area contributed by atoms with E-state index in [0.29, 0.717) is 13.2 Å². The summed E-state index contributed by atoms with van der Waals surface area (Å²) in [5.41, 5.74) is 1.11. The van der Waals surface area contributed by atoms with Gasteiger partial charge in [0.2, 0.25) is 0 Å². The first-order valence-corrected chi connectivity index (χ1v) is 8.09. The predicted molar refractivity (Wildman–Crippen MR) is 73.6 cm³/mol. The van der Waals surface area contributed by atoms with Crippen LogP contribution >= 0.6 is 0 Å². The van der Waals surface area contributed by atoms with Crippen LogP contribution in [-0.4, -0.2) is 33.1 Å². The molecule has 0 saturated heterocycles. The van der Waals surface area contributed by atoms with Crippen LogP contribution in [0.1, 0.15) is 19.4 Å². The molecule has 1 rings (SSSR count). The van der Waals surface area contributed by atoms with Crippen LogP contribution in [0.4, 0.5) is 0 Å². The minimum atomic E-state index is -2.92. The molecule has 0 aromatic heterocycles. The van der Waals surface area contributed by atoms with Crippen molar-refractivity contribution in [2.75, 3.05) is 18.6 Å². The molecule has 1 unspecified atom stereocenters. The van der Waals surface area contributed by atoms with Gasteiger partial charge in [-0.1, -0.05) is 12.1 Å². The lowest BCUT2D eigenvalue weighted by atomic mass is 10.2. The van der Waals surface area contributed by atoms with Gasteiger partial charge in [-0.3, -0.25) is 0 Å². The Labute approximate surface area is 109 Å². The molecule has 0 spiro atoms. The summed E-state index contributed by atoms with van der Waals surface area (Å²) in [5, 5.41) is 3.19. The van der Waals surface area contributed by atoms with Crippen molar-refractivity contribution in [3.8, 4) is 5.75 Å². The molecule has 18 heavy (non-hydrogen) atoms. The van der Waals surface area contributed by atoms with Crippen LogP contribution in [0, 0.1) is 0 Å². The summed E-state index contributed by atoms with van der Waals surface area (Å²) in [4.78, 5) is 0. The highest BCUT2D eigenvalue weighted by Crippen LogP contribution is 2.12. The molecule has 0 aliphatic heterocycles. The zero-order chi connectivity index (χ0) is 13.6. The van der Waals surface area contributed by atoms with Crippen LogP contribution in [0.5, 0.6) is 5.75 Å². The molecular weight excluding hydrogens is 250 g/mol. The summed E-state index contributed by atoms with van der Waals surface area (Å²) in [6.07, 6.45) is 1.25. The largest absolute Gasteiger partial charge is 0.494 e. The molecule has 0 saturated carbocycles. The third-order valence-corrected chi connectivity index (χ3v) is 3.55. The smallest absolute Gasteiger partial charge is 0.148 e. The van der Waals surface area contributed by atoms with E-state index in [1.165, 1.54) is 6.26 Å². The fourth-order valence-electron chi connectivity index (χ4n) is 1.68. The zero-order valence-electron chi connectivity index (χ0n) is 11.1. The number of hydrogen-bond acceptors (Lipinski definition) is 4. The number of nitrogens with one attached hydrogen (secondary N) is 1. The van der Waals surface area contributed by atoms with E-state index in [9.17, 15) is 8.42 Å². The summed E-state index contributed by atoms with van der Waals surface area (Å²) < 4.78 is 27.6. The molecule has 0 radical (unpaired) electrons. The van der Waals surface area contributed by atoms with E-state index in [2.05, 4.69) is 5.32 Å². The Morgan fingerprint density at radius 1 is 1.28 bits per heavy atom. The van der Waals surface area contributed by atoms with E-state index in [1.807, 2.05) is 38.1 Å². The SMILES string of the molecule is CCOc1ccc(CNC(C)CS(C)(=O)=O)cc1. The molecule has 5 heteroatoms. The second kappa shape index (κ2) is 6.75. The van der Waals surface area contributed by atoms with Gasteiger partial charge in [0.25, 0.3) is 0 Å². The van der Waals surface area contributed by atoms with Gasteiger partial charge in [0, 0.05) is 18.8 Å². The first-order chi connectivity index (χ1) is 8.40. The highest BCUT2D eigenvalue weighted by Gasteiger charge is 2.09. The summed E-state index contributed by atoms with van der Waals surface area (Å²) >= 11 is 0. The van der Waals surface area contributed by atoms with Gasteiger partial charge in [0.1, 0.15) is 15.6 Å². The molecule has 0 heterocycles.